The number of halogens is 4. The van der Waals surface area contributed by atoms with E-state index < -0.39 is 13.0 Å². The van der Waals surface area contributed by atoms with Crippen molar-refractivity contribution in [3.8, 4) is 22.9 Å². The van der Waals surface area contributed by atoms with Crippen molar-refractivity contribution in [1.29, 1.82) is 0 Å². The number of rotatable bonds is 14. The van der Waals surface area contributed by atoms with Crippen LogP contribution in [0.2, 0.25) is 5.02 Å². The fraction of sp³-hybridized carbons (Fsp3) is 0.548. The molecule has 1 saturated heterocycles. The van der Waals surface area contributed by atoms with Crippen LogP contribution in [0.4, 0.5) is 24.8 Å². The van der Waals surface area contributed by atoms with Crippen molar-refractivity contribution in [2.24, 2.45) is 0 Å². The Morgan fingerprint density at radius 2 is 1.88 bits per heavy atom. The first-order valence-corrected chi connectivity index (χ1v) is 16.6. The average molecular weight is 707 g/mol. The molecule has 6 rings (SSSR count). The van der Waals surface area contributed by atoms with Gasteiger partial charge in [0.05, 0.1) is 55.9 Å². The van der Waals surface area contributed by atoms with Crippen LogP contribution in [0.5, 0.6) is 11.6 Å². The molecular formula is C31H38ClF3N10O4. The van der Waals surface area contributed by atoms with Gasteiger partial charge < -0.3 is 19.5 Å². The summed E-state index contributed by atoms with van der Waals surface area (Å²) in [7, 11) is 0. The van der Waals surface area contributed by atoms with Crippen molar-refractivity contribution in [2.45, 2.75) is 70.1 Å². The van der Waals surface area contributed by atoms with E-state index in [4.69, 9.17) is 35.9 Å². The molecule has 0 unspecified atom stereocenters. The summed E-state index contributed by atoms with van der Waals surface area (Å²) in [4.78, 5) is 11.6. The Hall–Kier alpha value is -4.06. The second kappa shape index (κ2) is 16.1. The zero-order valence-corrected chi connectivity index (χ0v) is 27.7. The van der Waals surface area contributed by atoms with E-state index in [-0.39, 0.29) is 37.0 Å². The van der Waals surface area contributed by atoms with Crippen molar-refractivity contribution in [1.82, 2.24) is 44.9 Å². The van der Waals surface area contributed by atoms with Gasteiger partial charge in [0.2, 0.25) is 5.95 Å². The Balaban J connectivity index is 1.15. The molecule has 0 bridgehead atoms. The van der Waals surface area contributed by atoms with Gasteiger partial charge in [-0.3, -0.25) is 14.3 Å². The van der Waals surface area contributed by atoms with Gasteiger partial charge in [0.25, 0.3) is 5.88 Å². The second-order valence-electron chi connectivity index (χ2n) is 11.9. The average Bonchev–Trinajstić information content (AvgIpc) is 3.75. The van der Waals surface area contributed by atoms with Gasteiger partial charge in [0.15, 0.2) is 0 Å². The fourth-order valence-corrected chi connectivity index (χ4v) is 6.20. The normalized spacial score (nSPS) is 19.4. The third kappa shape index (κ3) is 9.77. The molecule has 0 amide bonds. The number of hydrogen-bond donors (Lipinski definition) is 1. The van der Waals surface area contributed by atoms with Gasteiger partial charge in [-0.05, 0) is 61.2 Å². The molecule has 1 aromatic carbocycles. The van der Waals surface area contributed by atoms with E-state index >= 15 is 0 Å². The highest BCUT2D eigenvalue weighted by Crippen LogP contribution is 2.35. The van der Waals surface area contributed by atoms with Crippen LogP contribution in [0.3, 0.4) is 0 Å². The molecule has 4 heterocycles. The number of morpholine rings is 1. The molecule has 0 spiro atoms. The number of tetrazole rings is 1. The second-order valence-corrected chi connectivity index (χ2v) is 12.3. The molecule has 1 aliphatic heterocycles. The van der Waals surface area contributed by atoms with Crippen LogP contribution < -0.4 is 14.8 Å². The number of nitrogens with zero attached hydrogens (tertiary/aromatic N) is 9. The lowest BCUT2D eigenvalue weighted by Crippen LogP contribution is -2.45. The van der Waals surface area contributed by atoms with Crippen LogP contribution in [0, 0.1) is 0 Å². The highest BCUT2D eigenvalue weighted by molar-refractivity contribution is 6.32. The zero-order valence-electron chi connectivity index (χ0n) is 26.9. The summed E-state index contributed by atoms with van der Waals surface area (Å²) in [5.74, 6) is 1.00. The minimum atomic E-state index is -4.69. The first-order valence-electron chi connectivity index (χ1n) is 16.2. The van der Waals surface area contributed by atoms with Crippen molar-refractivity contribution < 1.29 is 32.1 Å². The maximum Gasteiger partial charge on any atom is 0.522 e. The molecule has 264 valence electrons. The van der Waals surface area contributed by atoms with Gasteiger partial charge in [0, 0.05) is 37.3 Å². The summed E-state index contributed by atoms with van der Waals surface area (Å²) < 4.78 is 62.2. The van der Waals surface area contributed by atoms with Crippen molar-refractivity contribution >= 4 is 23.2 Å². The van der Waals surface area contributed by atoms with E-state index in [0.717, 1.165) is 57.6 Å². The summed E-state index contributed by atoms with van der Waals surface area (Å²) in [6.45, 7) is 5.20. The van der Waals surface area contributed by atoms with E-state index in [1.54, 1.807) is 29.1 Å². The SMILES string of the molecule is C[C@@H](Cn1cnnn1)Oc1cc(-c2ccnc(Nc3cn(C4CCC(N5CCOCC5)CC4)nc3OCCCOC(F)(F)F)n2)ccc1Cl. The summed E-state index contributed by atoms with van der Waals surface area (Å²) in [6.07, 6.45) is 3.96. The summed E-state index contributed by atoms with van der Waals surface area (Å²) in [5.41, 5.74) is 1.85. The van der Waals surface area contributed by atoms with Crippen molar-refractivity contribution in [3.05, 3.63) is 48.0 Å². The Morgan fingerprint density at radius 3 is 2.63 bits per heavy atom. The first-order chi connectivity index (χ1) is 23.7. The molecule has 3 aromatic heterocycles. The smallest absolute Gasteiger partial charge is 0.487 e. The van der Waals surface area contributed by atoms with Gasteiger partial charge in [-0.15, -0.1) is 23.4 Å². The Kier molecular flexibility index (Phi) is 11.4. The Morgan fingerprint density at radius 1 is 1.08 bits per heavy atom. The van der Waals surface area contributed by atoms with Crippen LogP contribution in [0.25, 0.3) is 11.3 Å². The zero-order chi connectivity index (χ0) is 34.2. The Labute approximate surface area is 285 Å². The number of hydrogen-bond acceptors (Lipinski definition) is 12. The van der Waals surface area contributed by atoms with Crippen LogP contribution >= 0.6 is 11.6 Å². The first kappa shape index (κ1) is 34.8. The van der Waals surface area contributed by atoms with E-state index in [1.807, 2.05) is 23.9 Å². The van der Waals surface area contributed by atoms with E-state index in [0.29, 0.717) is 34.7 Å². The molecular weight excluding hydrogens is 669 g/mol. The van der Waals surface area contributed by atoms with Crippen LogP contribution in [-0.4, -0.2) is 103 Å². The largest absolute Gasteiger partial charge is 0.522 e. The van der Waals surface area contributed by atoms with Crippen molar-refractivity contribution in [3.63, 3.8) is 0 Å². The van der Waals surface area contributed by atoms with Gasteiger partial charge in [-0.2, -0.15) is 0 Å². The maximum absolute atomic E-state index is 12.5. The molecule has 49 heavy (non-hydrogen) atoms. The standard InChI is InChI=1S/C31H38ClF3N10O4/c1-21(18-44-20-37-41-42-44)49-28-17-22(3-8-25(28)32)26-9-10-36-30(38-26)39-27-19-45(40-29(27)47-13-2-14-48-31(33,34)35)24-6-4-23(5-7-24)43-11-15-46-16-12-43/h3,8-10,17,19-21,23-24H,2,4-7,11-16,18H2,1H3,(H,36,38,39)/t21-,23?,24?/m0/s1. The van der Waals surface area contributed by atoms with E-state index in [2.05, 4.69) is 35.5 Å². The minimum absolute atomic E-state index is 0.0220. The molecule has 4 aromatic rings. The summed E-state index contributed by atoms with van der Waals surface area (Å²) >= 11 is 6.45. The topological polar surface area (TPSA) is 139 Å². The number of nitrogens with one attached hydrogen (secondary N) is 1. The molecule has 2 fully saturated rings. The van der Waals surface area contributed by atoms with Crippen molar-refractivity contribution in [2.75, 3.05) is 44.8 Å². The highest BCUT2D eigenvalue weighted by Gasteiger charge is 2.30. The van der Waals surface area contributed by atoms with E-state index in [1.165, 1.54) is 6.33 Å². The quantitative estimate of drug-likeness (QED) is 0.170. The molecule has 14 nitrogen and oxygen atoms in total. The van der Waals surface area contributed by atoms with Gasteiger partial charge in [0.1, 0.15) is 23.9 Å². The van der Waals surface area contributed by atoms with Gasteiger partial charge in [-0.1, -0.05) is 17.7 Å². The molecule has 18 heteroatoms. The molecule has 1 atom stereocenters. The molecule has 1 saturated carbocycles. The lowest BCUT2D eigenvalue weighted by molar-refractivity contribution is -0.324. The third-order valence-electron chi connectivity index (χ3n) is 8.39. The Bertz CT molecular complexity index is 1630. The third-order valence-corrected chi connectivity index (χ3v) is 8.70. The molecule has 1 N–H and O–H groups in total. The highest BCUT2D eigenvalue weighted by atomic mass is 35.5. The lowest BCUT2D eigenvalue weighted by Gasteiger charge is -2.38. The monoisotopic (exact) mass is 706 g/mol. The van der Waals surface area contributed by atoms with Crippen LogP contribution in [-0.2, 0) is 16.0 Å². The molecule has 2 aliphatic rings. The lowest BCUT2D eigenvalue weighted by atomic mass is 9.90. The number of benzene rings is 1. The molecule has 0 radical (unpaired) electrons. The number of ether oxygens (including phenoxy) is 4. The van der Waals surface area contributed by atoms with Crippen LogP contribution in [0.1, 0.15) is 45.1 Å². The fourth-order valence-electron chi connectivity index (χ4n) is 6.04. The molecule has 1 aliphatic carbocycles. The number of aromatic nitrogens is 8. The number of anilines is 2. The predicted octanol–water partition coefficient (Wildman–Crippen LogP) is 5.31. The number of alkyl halides is 3. The summed E-state index contributed by atoms with van der Waals surface area (Å²) in [6, 6.07) is 7.78. The van der Waals surface area contributed by atoms with Crippen LogP contribution in [0.15, 0.2) is 43.0 Å². The van der Waals surface area contributed by atoms with Gasteiger partial charge >= 0.3 is 6.36 Å². The van der Waals surface area contributed by atoms with Gasteiger partial charge in [-0.25, -0.2) is 14.6 Å². The summed E-state index contributed by atoms with van der Waals surface area (Å²) in [5, 5.41) is 19.5. The maximum atomic E-state index is 12.5. The predicted molar refractivity (Wildman–Crippen MR) is 172 cm³/mol. The van der Waals surface area contributed by atoms with E-state index in [9.17, 15) is 13.2 Å². The minimum Gasteiger partial charge on any atom is -0.487 e.